The molecule has 1 aromatic carbocycles. The van der Waals surface area contributed by atoms with Gasteiger partial charge in [-0.1, -0.05) is 11.6 Å². The zero-order valence-electron chi connectivity index (χ0n) is 13.0. The van der Waals surface area contributed by atoms with E-state index in [4.69, 9.17) is 16.3 Å². The topological polar surface area (TPSA) is 92.8 Å². The second-order valence-corrected chi connectivity index (χ2v) is 8.70. The van der Waals surface area contributed by atoms with Gasteiger partial charge in [-0.2, -0.15) is 0 Å². The van der Waals surface area contributed by atoms with Crippen LogP contribution in [0, 0.1) is 0 Å². The number of anilines is 2. The smallest absolute Gasteiger partial charge is 0.414 e. The van der Waals surface area contributed by atoms with E-state index in [-0.39, 0.29) is 15.6 Å². The Morgan fingerprint density at radius 3 is 2.72 bits per heavy atom. The molecule has 2 amide bonds. The lowest BCUT2D eigenvalue weighted by Crippen LogP contribution is -2.22. The van der Waals surface area contributed by atoms with E-state index in [0.29, 0.717) is 23.7 Å². The van der Waals surface area contributed by atoms with Gasteiger partial charge in [-0.15, -0.1) is 11.3 Å². The van der Waals surface area contributed by atoms with Crippen LogP contribution in [0.1, 0.15) is 9.67 Å². The van der Waals surface area contributed by atoms with E-state index in [1.807, 2.05) is 0 Å². The fourth-order valence-electron chi connectivity index (χ4n) is 2.26. The maximum absolute atomic E-state index is 12.4. The van der Waals surface area contributed by atoms with Crippen LogP contribution in [0.25, 0.3) is 0 Å². The molecule has 1 fully saturated rings. The molecular weight excluding hydrogens is 388 g/mol. The minimum absolute atomic E-state index is 0.0157. The van der Waals surface area contributed by atoms with Crippen molar-refractivity contribution < 1.29 is 22.7 Å². The van der Waals surface area contributed by atoms with Crippen LogP contribution >= 0.6 is 22.9 Å². The van der Waals surface area contributed by atoms with Crippen molar-refractivity contribution in [2.75, 3.05) is 29.6 Å². The number of ether oxygens (including phenoxy) is 1. The number of thiophene rings is 1. The first-order chi connectivity index (χ1) is 11.7. The minimum atomic E-state index is -3.45. The van der Waals surface area contributed by atoms with Gasteiger partial charge in [-0.3, -0.25) is 9.69 Å². The number of nitrogens with zero attached hydrogens (tertiary/aromatic N) is 1. The highest BCUT2D eigenvalue weighted by Gasteiger charge is 2.25. The number of benzene rings is 1. The van der Waals surface area contributed by atoms with Crippen LogP contribution in [-0.4, -0.2) is 39.8 Å². The van der Waals surface area contributed by atoms with Gasteiger partial charge in [0.2, 0.25) is 0 Å². The Hall–Kier alpha value is -2.10. The molecule has 0 spiro atoms. The summed E-state index contributed by atoms with van der Waals surface area (Å²) in [5, 5.41) is 4.50. The van der Waals surface area contributed by atoms with Gasteiger partial charge in [0.15, 0.2) is 9.84 Å². The number of carbonyl (C=O) groups is 2. The summed E-state index contributed by atoms with van der Waals surface area (Å²) in [5.74, 6) is -0.425. The molecule has 1 aliphatic rings. The molecule has 0 saturated carbocycles. The quantitative estimate of drug-likeness (QED) is 0.851. The average Bonchev–Trinajstić information content (AvgIpc) is 3.14. The molecular formula is C15H13ClN2O5S2. The molecule has 7 nitrogen and oxygen atoms in total. The zero-order valence-corrected chi connectivity index (χ0v) is 15.4. The van der Waals surface area contributed by atoms with E-state index in [9.17, 15) is 18.0 Å². The zero-order chi connectivity index (χ0) is 18.2. The molecule has 0 radical (unpaired) electrons. The molecule has 2 aromatic rings. The Labute approximate surface area is 153 Å². The number of carbonyl (C=O) groups excluding carboxylic acids is 2. The van der Waals surface area contributed by atoms with E-state index < -0.39 is 21.8 Å². The van der Waals surface area contributed by atoms with Gasteiger partial charge < -0.3 is 10.1 Å². The fraction of sp³-hybridized carbons (Fsp3) is 0.200. The summed E-state index contributed by atoms with van der Waals surface area (Å²) >= 11 is 7.09. The van der Waals surface area contributed by atoms with Crippen molar-refractivity contribution >= 4 is 56.2 Å². The van der Waals surface area contributed by atoms with E-state index >= 15 is 0 Å². The molecule has 1 aliphatic heterocycles. The third-order valence-electron chi connectivity index (χ3n) is 3.44. The van der Waals surface area contributed by atoms with Crippen molar-refractivity contribution in [3.63, 3.8) is 0 Å². The first-order valence-electron chi connectivity index (χ1n) is 7.09. The molecule has 3 rings (SSSR count). The van der Waals surface area contributed by atoms with E-state index in [1.165, 1.54) is 34.4 Å². The number of rotatable bonds is 4. The molecule has 1 N–H and O–H groups in total. The van der Waals surface area contributed by atoms with Crippen molar-refractivity contribution in [3.05, 3.63) is 39.5 Å². The predicted octanol–water partition coefficient (Wildman–Crippen LogP) is 3.01. The predicted molar refractivity (Wildman–Crippen MR) is 95.5 cm³/mol. The molecule has 25 heavy (non-hydrogen) atoms. The number of hydrogen-bond donors (Lipinski definition) is 1. The molecule has 0 aliphatic carbocycles. The highest BCUT2D eigenvalue weighted by atomic mass is 35.5. The van der Waals surface area contributed by atoms with Gasteiger partial charge in [0, 0.05) is 22.3 Å². The summed E-state index contributed by atoms with van der Waals surface area (Å²) in [6.45, 7) is 0.746. The highest BCUT2D eigenvalue weighted by molar-refractivity contribution is 7.90. The van der Waals surface area contributed by atoms with Gasteiger partial charge >= 0.3 is 6.09 Å². The second-order valence-electron chi connectivity index (χ2n) is 5.34. The molecule has 0 unspecified atom stereocenters. The van der Waals surface area contributed by atoms with Gasteiger partial charge in [-0.05, 0) is 24.3 Å². The summed E-state index contributed by atoms with van der Waals surface area (Å²) in [6.07, 6.45) is 0.614. The molecule has 2 heterocycles. The molecule has 0 atom stereocenters. The van der Waals surface area contributed by atoms with Crippen LogP contribution in [0.2, 0.25) is 5.02 Å². The number of amides is 2. The van der Waals surface area contributed by atoms with Gasteiger partial charge in [0.25, 0.3) is 5.91 Å². The Morgan fingerprint density at radius 2 is 2.08 bits per heavy atom. The lowest BCUT2D eigenvalue weighted by Gasteiger charge is -2.09. The first kappa shape index (κ1) is 17.7. The van der Waals surface area contributed by atoms with Crippen molar-refractivity contribution in [1.82, 2.24) is 0 Å². The molecule has 1 aromatic heterocycles. The maximum Gasteiger partial charge on any atom is 0.414 e. The third kappa shape index (κ3) is 3.94. The Morgan fingerprint density at radius 1 is 1.32 bits per heavy atom. The number of nitrogens with one attached hydrogen (secondary N) is 1. The Kier molecular flexibility index (Phi) is 4.72. The molecule has 0 bridgehead atoms. The number of cyclic esters (lactones) is 1. The first-order valence-corrected chi connectivity index (χ1v) is 10.2. The number of hydrogen-bond acceptors (Lipinski definition) is 6. The van der Waals surface area contributed by atoms with Crippen LogP contribution in [0.15, 0.2) is 34.5 Å². The van der Waals surface area contributed by atoms with Gasteiger partial charge in [-0.25, -0.2) is 13.2 Å². The lowest BCUT2D eigenvalue weighted by atomic mass is 10.3. The summed E-state index contributed by atoms with van der Waals surface area (Å²) in [6, 6.07) is 5.69. The summed E-state index contributed by atoms with van der Waals surface area (Å²) in [7, 11) is -3.45. The monoisotopic (exact) mass is 400 g/mol. The van der Waals surface area contributed by atoms with Gasteiger partial charge in [0.05, 0.1) is 22.0 Å². The van der Waals surface area contributed by atoms with Crippen LogP contribution < -0.4 is 10.2 Å². The average molecular weight is 401 g/mol. The number of halogens is 1. The Balaban J connectivity index is 1.80. The second kappa shape index (κ2) is 6.66. The van der Waals surface area contributed by atoms with Crippen LogP contribution in [-0.2, 0) is 14.6 Å². The van der Waals surface area contributed by atoms with Crippen LogP contribution in [0.5, 0.6) is 0 Å². The SMILES string of the molecule is CS(=O)(=O)c1cc(Cl)cc(NC(=O)c2cc(N3CCOC3=O)cs2)c1. The summed E-state index contributed by atoms with van der Waals surface area (Å²) < 4.78 is 28.2. The minimum Gasteiger partial charge on any atom is -0.447 e. The van der Waals surface area contributed by atoms with Crippen LogP contribution in [0.4, 0.5) is 16.2 Å². The summed E-state index contributed by atoms with van der Waals surface area (Å²) in [4.78, 5) is 25.7. The van der Waals surface area contributed by atoms with Crippen LogP contribution in [0.3, 0.4) is 0 Å². The number of sulfone groups is 1. The van der Waals surface area contributed by atoms with Crippen molar-refractivity contribution in [3.8, 4) is 0 Å². The Bertz CT molecular complexity index is 955. The normalized spacial score (nSPS) is 14.5. The van der Waals surface area contributed by atoms with E-state index in [0.717, 1.165) is 6.26 Å². The highest BCUT2D eigenvalue weighted by Crippen LogP contribution is 2.27. The van der Waals surface area contributed by atoms with Crippen molar-refractivity contribution in [2.24, 2.45) is 0 Å². The fourth-order valence-corrected chi connectivity index (χ4v) is 4.03. The van der Waals surface area contributed by atoms with Crippen molar-refractivity contribution in [1.29, 1.82) is 0 Å². The third-order valence-corrected chi connectivity index (χ3v) is 5.67. The van der Waals surface area contributed by atoms with Crippen molar-refractivity contribution in [2.45, 2.75) is 4.90 Å². The standard InChI is InChI=1S/C15H13ClN2O5S2/c1-25(21,22)12-5-9(16)4-10(6-12)17-14(19)13-7-11(8-24-13)18-2-3-23-15(18)20/h4-8H,2-3H2,1H3,(H,17,19). The van der Waals surface area contributed by atoms with E-state index in [1.54, 1.807) is 11.4 Å². The van der Waals surface area contributed by atoms with E-state index in [2.05, 4.69) is 5.32 Å². The summed E-state index contributed by atoms with van der Waals surface area (Å²) in [5.41, 5.74) is 0.856. The van der Waals surface area contributed by atoms with Gasteiger partial charge in [0.1, 0.15) is 6.61 Å². The lowest BCUT2D eigenvalue weighted by molar-refractivity contribution is 0.103. The largest absolute Gasteiger partial charge is 0.447 e. The molecule has 1 saturated heterocycles. The molecule has 132 valence electrons. The maximum atomic E-state index is 12.4. The molecule has 10 heteroatoms.